The summed E-state index contributed by atoms with van der Waals surface area (Å²) in [4.78, 5) is 8.30. The summed E-state index contributed by atoms with van der Waals surface area (Å²) in [5, 5.41) is 5.45. The van der Waals surface area contributed by atoms with E-state index in [0.717, 1.165) is 31.7 Å². The smallest absolute Gasteiger partial charge is 0.125 e. The largest absolute Gasteiger partial charge is 0.370 e. The fraction of sp³-hybridized carbons (Fsp3) is 0.471. The first-order chi connectivity index (χ1) is 10.2. The van der Waals surface area contributed by atoms with Gasteiger partial charge in [0.15, 0.2) is 0 Å². The Hall–Kier alpha value is -1.39. The Morgan fingerprint density at radius 3 is 2.81 bits per heavy atom. The minimum atomic E-state index is 0.529. The molecule has 2 rings (SSSR count). The molecule has 1 unspecified atom stereocenters. The SMILES string of the molecule is CCCNc1ccc(CN(C)C(C)Cc2cccs2)cn1. The van der Waals surface area contributed by atoms with E-state index < -0.39 is 0 Å². The van der Waals surface area contributed by atoms with E-state index in [0.29, 0.717) is 6.04 Å². The summed E-state index contributed by atoms with van der Waals surface area (Å²) in [6, 6.07) is 9.10. The van der Waals surface area contributed by atoms with Crippen LogP contribution in [0.5, 0.6) is 0 Å². The summed E-state index contributed by atoms with van der Waals surface area (Å²) in [7, 11) is 2.18. The fourth-order valence-corrected chi connectivity index (χ4v) is 3.02. The number of anilines is 1. The highest BCUT2D eigenvalue weighted by atomic mass is 32.1. The average Bonchev–Trinajstić information content (AvgIpc) is 2.99. The molecule has 21 heavy (non-hydrogen) atoms. The molecule has 0 spiro atoms. The monoisotopic (exact) mass is 303 g/mol. The van der Waals surface area contributed by atoms with Gasteiger partial charge in [-0.25, -0.2) is 4.98 Å². The molecule has 0 aliphatic carbocycles. The summed E-state index contributed by atoms with van der Waals surface area (Å²) in [6.45, 7) is 6.35. The number of nitrogens with one attached hydrogen (secondary N) is 1. The standard InChI is InChI=1S/C17H25N3S/c1-4-9-18-17-8-7-15(12-19-17)13-20(3)14(2)11-16-6-5-10-21-16/h5-8,10,12,14H,4,9,11,13H2,1-3H3,(H,18,19). The van der Waals surface area contributed by atoms with Crippen molar-refractivity contribution in [1.82, 2.24) is 9.88 Å². The van der Waals surface area contributed by atoms with Crippen LogP contribution in [-0.2, 0) is 13.0 Å². The van der Waals surface area contributed by atoms with Crippen LogP contribution in [0, 0.1) is 0 Å². The van der Waals surface area contributed by atoms with Crippen molar-refractivity contribution in [2.24, 2.45) is 0 Å². The molecule has 2 aromatic heterocycles. The number of likely N-dealkylation sites (N-methyl/N-ethyl adjacent to an activating group) is 1. The molecule has 0 amide bonds. The molecular weight excluding hydrogens is 278 g/mol. The van der Waals surface area contributed by atoms with E-state index in [1.807, 2.05) is 17.5 Å². The number of thiophene rings is 1. The number of rotatable bonds is 8. The van der Waals surface area contributed by atoms with Crippen LogP contribution in [0.2, 0.25) is 0 Å². The van der Waals surface area contributed by atoms with E-state index in [9.17, 15) is 0 Å². The van der Waals surface area contributed by atoms with Crippen molar-refractivity contribution < 1.29 is 0 Å². The summed E-state index contributed by atoms with van der Waals surface area (Å²) in [6.07, 6.45) is 4.20. The summed E-state index contributed by atoms with van der Waals surface area (Å²) >= 11 is 1.84. The maximum Gasteiger partial charge on any atom is 0.125 e. The van der Waals surface area contributed by atoms with Gasteiger partial charge < -0.3 is 5.32 Å². The maximum absolute atomic E-state index is 4.47. The first-order valence-electron chi connectivity index (χ1n) is 7.60. The highest BCUT2D eigenvalue weighted by Crippen LogP contribution is 2.15. The lowest BCUT2D eigenvalue weighted by Crippen LogP contribution is -2.30. The van der Waals surface area contributed by atoms with Gasteiger partial charge in [-0.2, -0.15) is 0 Å². The third-order valence-corrected chi connectivity index (χ3v) is 4.54. The van der Waals surface area contributed by atoms with Gasteiger partial charge in [0, 0.05) is 30.2 Å². The van der Waals surface area contributed by atoms with Crippen molar-refractivity contribution in [3.63, 3.8) is 0 Å². The van der Waals surface area contributed by atoms with Crippen molar-refractivity contribution in [2.75, 3.05) is 18.9 Å². The van der Waals surface area contributed by atoms with Crippen molar-refractivity contribution in [2.45, 2.75) is 39.3 Å². The molecule has 1 atom stereocenters. The zero-order chi connectivity index (χ0) is 15.1. The van der Waals surface area contributed by atoms with Gasteiger partial charge in [-0.1, -0.05) is 19.1 Å². The van der Waals surface area contributed by atoms with Crippen LogP contribution < -0.4 is 5.32 Å². The second-order valence-electron chi connectivity index (χ2n) is 5.53. The predicted octanol–water partition coefficient (Wildman–Crippen LogP) is 4.03. The number of nitrogens with zero attached hydrogens (tertiary/aromatic N) is 2. The number of pyridine rings is 1. The van der Waals surface area contributed by atoms with Gasteiger partial charge in [0.05, 0.1) is 0 Å². The van der Waals surface area contributed by atoms with Crippen LogP contribution >= 0.6 is 11.3 Å². The van der Waals surface area contributed by atoms with Gasteiger partial charge in [0.1, 0.15) is 5.82 Å². The fourth-order valence-electron chi connectivity index (χ4n) is 2.20. The zero-order valence-corrected chi connectivity index (χ0v) is 14.0. The van der Waals surface area contributed by atoms with Crippen LogP contribution in [0.25, 0.3) is 0 Å². The Labute approximate surface area is 132 Å². The predicted molar refractivity (Wildman–Crippen MR) is 92.0 cm³/mol. The van der Waals surface area contributed by atoms with E-state index in [2.05, 4.69) is 65.7 Å². The van der Waals surface area contributed by atoms with Crippen LogP contribution in [0.3, 0.4) is 0 Å². The van der Waals surface area contributed by atoms with E-state index in [-0.39, 0.29) is 0 Å². The van der Waals surface area contributed by atoms with Gasteiger partial charge in [-0.05, 0) is 49.9 Å². The molecule has 1 N–H and O–H groups in total. The number of aromatic nitrogens is 1. The highest BCUT2D eigenvalue weighted by Gasteiger charge is 2.11. The van der Waals surface area contributed by atoms with Crippen LogP contribution in [0.1, 0.15) is 30.7 Å². The Morgan fingerprint density at radius 1 is 1.33 bits per heavy atom. The van der Waals surface area contributed by atoms with Gasteiger partial charge in [0.2, 0.25) is 0 Å². The Kier molecular flexibility index (Phi) is 6.21. The molecule has 4 heteroatoms. The number of hydrogen-bond acceptors (Lipinski definition) is 4. The maximum atomic E-state index is 4.47. The summed E-state index contributed by atoms with van der Waals surface area (Å²) in [5.74, 6) is 0.967. The third-order valence-electron chi connectivity index (χ3n) is 3.64. The Bertz CT molecular complexity index is 507. The molecule has 0 saturated carbocycles. The third kappa shape index (κ3) is 5.14. The minimum absolute atomic E-state index is 0.529. The summed E-state index contributed by atoms with van der Waals surface area (Å²) in [5.41, 5.74) is 1.26. The van der Waals surface area contributed by atoms with Gasteiger partial charge in [-0.3, -0.25) is 4.90 Å². The molecule has 114 valence electrons. The normalized spacial score (nSPS) is 12.6. The van der Waals surface area contributed by atoms with E-state index in [4.69, 9.17) is 0 Å². The molecule has 3 nitrogen and oxygen atoms in total. The molecule has 0 radical (unpaired) electrons. The molecule has 0 aliphatic heterocycles. The molecule has 0 bridgehead atoms. The lowest BCUT2D eigenvalue weighted by molar-refractivity contribution is 0.249. The molecule has 2 heterocycles. The Balaban J connectivity index is 1.85. The number of hydrogen-bond donors (Lipinski definition) is 1. The van der Waals surface area contributed by atoms with Crippen molar-refractivity contribution in [1.29, 1.82) is 0 Å². The first kappa shape index (κ1) is 16.0. The highest BCUT2D eigenvalue weighted by molar-refractivity contribution is 7.09. The minimum Gasteiger partial charge on any atom is -0.370 e. The molecule has 0 fully saturated rings. The lowest BCUT2D eigenvalue weighted by atomic mass is 10.1. The van der Waals surface area contributed by atoms with Crippen molar-refractivity contribution >= 4 is 17.2 Å². The van der Waals surface area contributed by atoms with E-state index >= 15 is 0 Å². The van der Waals surface area contributed by atoms with Crippen molar-refractivity contribution in [3.8, 4) is 0 Å². The Morgan fingerprint density at radius 2 is 2.19 bits per heavy atom. The van der Waals surface area contributed by atoms with Crippen LogP contribution in [0.15, 0.2) is 35.8 Å². The van der Waals surface area contributed by atoms with Crippen LogP contribution in [-0.4, -0.2) is 29.5 Å². The second-order valence-corrected chi connectivity index (χ2v) is 6.56. The lowest BCUT2D eigenvalue weighted by Gasteiger charge is -2.24. The van der Waals surface area contributed by atoms with Gasteiger partial charge >= 0.3 is 0 Å². The molecule has 0 aliphatic rings. The topological polar surface area (TPSA) is 28.2 Å². The molecule has 0 aromatic carbocycles. The molecular formula is C17H25N3S. The summed E-state index contributed by atoms with van der Waals surface area (Å²) < 4.78 is 0. The zero-order valence-electron chi connectivity index (χ0n) is 13.2. The van der Waals surface area contributed by atoms with E-state index in [1.165, 1.54) is 10.4 Å². The van der Waals surface area contributed by atoms with Crippen LogP contribution in [0.4, 0.5) is 5.82 Å². The first-order valence-corrected chi connectivity index (χ1v) is 8.48. The average molecular weight is 303 g/mol. The van der Waals surface area contributed by atoms with Crippen molar-refractivity contribution in [3.05, 3.63) is 46.3 Å². The molecule has 0 saturated heterocycles. The van der Waals surface area contributed by atoms with Gasteiger partial charge in [0.25, 0.3) is 0 Å². The van der Waals surface area contributed by atoms with E-state index in [1.54, 1.807) is 0 Å². The van der Waals surface area contributed by atoms with Gasteiger partial charge in [-0.15, -0.1) is 11.3 Å². The molecule has 2 aromatic rings. The quantitative estimate of drug-likeness (QED) is 0.798. The second kappa shape index (κ2) is 8.15.